The molecule has 0 radical (unpaired) electrons. The number of thiophene rings is 1. The maximum Gasteiger partial charge on any atom is 0.244 e. The van der Waals surface area contributed by atoms with Crippen molar-refractivity contribution in [1.29, 1.82) is 0 Å². The lowest BCUT2D eigenvalue weighted by Crippen LogP contribution is -2.44. The molecule has 124 valence electrons. The van der Waals surface area contributed by atoms with E-state index in [4.69, 9.17) is 4.74 Å². The highest BCUT2D eigenvalue weighted by Crippen LogP contribution is 2.25. The van der Waals surface area contributed by atoms with Gasteiger partial charge in [-0.3, -0.25) is 14.4 Å². The minimum Gasteiger partial charge on any atom is -0.379 e. The SMILES string of the molecule is C[C@H](C(=O)NC[C@@H](c1cccs1)N1CCOCC1)n1cccn1. The number of aromatic nitrogens is 2. The number of nitrogens with zero attached hydrogens (tertiary/aromatic N) is 3. The lowest BCUT2D eigenvalue weighted by molar-refractivity contribution is -0.124. The van der Waals surface area contributed by atoms with E-state index < -0.39 is 0 Å². The molecule has 2 aromatic heterocycles. The average molecular weight is 334 g/mol. The van der Waals surface area contributed by atoms with Crippen molar-refractivity contribution < 1.29 is 9.53 Å². The summed E-state index contributed by atoms with van der Waals surface area (Å²) in [5.41, 5.74) is 0. The van der Waals surface area contributed by atoms with Crippen LogP contribution in [0.15, 0.2) is 36.0 Å². The van der Waals surface area contributed by atoms with Gasteiger partial charge in [-0.15, -0.1) is 11.3 Å². The van der Waals surface area contributed by atoms with E-state index in [-0.39, 0.29) is 18.0 Å². The minimum absolute atomic E-state index is 0.0106. The molecular formula is C16H22N4O2S. The quantitative estimate of drug-likeness (QED) is 0.873. The van der Waals surface area contributed by atoms with Gasteiger partial charge in [-0.25, -0.2) is 0 Å². The maximum absolute atomic E-state index is 12.4. The van der Waals surface area contributed by atoms with E-state index in [1.54, 1.807) is 22.2 Å². The number of carbonyl (C=O) groups excluding carboxylic acids is 1. The van der Waals surface area contributed by atoms with E-state index in [0.717, 1.165) is 26.3 Å². The second-order valence-corrected chi connectivity index (χ2v) is 6.57. The van der Waals surface area contributed by atoms with E-state index in [1.165, 1.54) is 4.88 Å². The van der Waals surface area contributed by atoms with E-state index >= 15 is 0 Å². The van der Waals surface area contributed by atoms with Crippen molar-refractivity contribution >= 4 is 17.2 Å². The third-order valence-corrected chi connectivity index (χ3v) is 5.10. The van der Waals surface area contributed by atoms with Crippen LogP contribution in [-0.2, 0) is 9.53 Å². The predicted molar refractivity (Wildman–Crippen MR) is 89.4 cm³/mol. The lowest BCUT2D eigenvalue weighted by Gasteiger charge is -2.34. The monoisotopic (exact) mass is 334 g/mol. The van der Waals surface area contributed by atoms with Crippen molar-refractivity contribution in [2.45, 2.75) is 19.0 Å². The van der Waals surface area contributed by atoms with Crippen molar-refractivity contribution in [1.82, 2.24) is 20.0 Å². The number of carbonyl (C=O) groups is 1. The van der Waals surface area contributed by atoms with Gasteiger partial charge in [-0.1, -0.05) is 6.07 Å². The fourth-order valence-corrected chi connectivity index (χ4v) is 3.62. The Bertz CT molecular complexity index is 594. The van der Waals surface area contributed by atoms with E-state index in [9.17, 15) is 4.79 Å². The van der Waals surface area contributed by atoms with Gasteiger partial charge in [0.15, 0.2) is 0 Å². The van der Waals surface area contributed by atoms with Gasteiger partial charge in [-0.2, -0.15) is 5.10 Å². The molecule has 1 fully saturated rings. The molecule has 1 aliphatic rings. The van der Waals surface area contributed by atoms with E-state index in [1.807, 2.05) is 19.2 Å². The Balaban J connectivity index is 1.63. The second-order valence-electron chi connectivity index (χ2n) is 5.59. The van der Waals surface area contributed by atoms with E-state index in [0.29, 0.717) is 6.54 Å². The Morgan fingerprint density at radius 3 is 2.91 bits per heavy atom. The molecule has 0 aromatic carbocycles. The second kappa shape index (κ2) is 7.72. The smallest absolute Gasteiger partial charge is 0.244 e. The fraction of sp³-hybridized carbons (Fsp3) is 0.500. The summed E-state index contributed by atoms with van der Waals surface area (Å²) in [6, 6.07) is 5.91. The summed E-state index contributed by atoms with van der Waals surface area (Å²) in [5, 5.41) is 9.30. The molecule has 6 nitrogen and oxygen atoms in total. The lowest BCUT2D eigenvalue weighted by atomic mass is 10.1. The minimum atomic E-state index is -0.307. The van der Waals surface area contributed by atoms with Crippen LogP contribution in [0.5, 0.6) is 0 Å². The molecule has 0 aliphatic carbocycles. The van der Waals surface area contributed by atoms with Gasteiger partial charge in [-0.05, 0) is 24.4 Å². The molecule has 1 N–H and O–H groups in total. The van der Waals surface area contributed by atoms with Crippen LogP contribution in [0.3, 0.4) is 0 Å². The molecule has 1 saturated heterocycles. The summed E-state index contributed by atoms with van der Waals surface area (Å²) < 4.78 is 7.11. The van der Waals surface area contributed by atoms with Crippen LogP contribution >= 0.6 is 11.3 Å². The molecule has 1 aliphatic heterocycles. The zero-order valence-corrected chi connectivity index (χ0v) is 14.0. The maximum atomic E-state index is 12.4. The number of morpholine rings is 1. The normalized spacial score (nSPS) is 18.5. The number of amides is 1. The average Bonchev–Trinajstić information content (AvgIpc) is 3.29. The van der Waals surface area contributed by atoms with Crippen molar-refractivity contribution in [3.05, 3.63) is 40.8 Å². The van der Waals surface area contributed by atoms with E-state index in [2.05, 4.69) is 32.8 Å². The van der Waals surface area contributed by atoms with Crippen LogP contribution in [0.2, 0.25) is 0 Å². The van der Waals surface area contributed by atoms with Crippen LogP contribution in [0.25, 0.3) is 0 Å². The van der Waals surface area contributed by atoms with Gasteiger partial charge in [0.2, 0.25) is 5.91 Å². The molecule has 7 heteroatoms. The highest BCUT2D eigenvalue weighted by molar-refractivity contribution is 7.10. The third kappa shape index (κ3) is 3.99. The molecule has 3 heterocycles. The van der Waals surface area contributed by atoms with Crippen molar-refractivity contribution in [2.24, 2.45) is 0 Å². The number of rotatable bonds is 6. The van der Waals surface area contributed by atoms with Crippen molar-refractivity contribution in [3.8, 4) is 0 Å². The number of nitrogens with one attached hydrogen (secondary N) is 1. The van der Waals surface area contributed by atoms with Gasteiger partial charge in [0.1, 0.15) is 6.04 Å². The molecule has 2 aromatic rings. The summed E-state index contributed by atoms with van der Waals surface area (Å²) >= 11 is 1.73. The number of hydrogen-bond acceptors (Lipinski definition) is 5. The van der Waals surface area contributed by atoms with Crippen LogP contribution < -0.4 is 5.32 Å². The van der Waals surface area contributed by atoms with Crippen LogP contribution in [0, 0.1) is 0 Å². The summed E-state index contributed by atoms with van der Waals surface area (Å²) in [4.78, 5) is 16.0. The molecule has 0 bridgehead atoms. The molecule has 0 spiro atoms. The Morgan fingerprint density at radius 1 is 1.43 bits per heavy atom. The first-order valence-corrected chi connectivity index (χ1v) is 8.75. The zero-order chi connectivity index (χ0) is 16.1. The Kier molecular flexibility index (Phi) is 5.43. The van der Waals surface area contributed by atoms with Crippen molar-refractivity contribution in [2.75, 3.05) is 32.8 Å². The van der Waals surface area contributed by atoms with Gasteiger partial charge in [0.05, 0.1) is 19.3 Å². The van der Waals surface area contributed by atoms with Gasteiger partial charge >= 0.3 is 0 Å². The first-order chi connectivity index (χ1) is 11.3. The molecule has 0 unspecified atom stereocenters. The highest BCUT2D eigenvalue weighted by Gasteiger charge is 2.25. The topological polar surface area (TPSA) is 59.4 Å². The zero-order valence-electron chi connectivity index (χ0n) is 13.2. The molecule has 23 heavy (non-hydrogen) atoms. The van der Waals surface area contributed by atoms with Crippen LogP contribution in [0.1, 0.15) is 23.9 Å². The molecular weight excluding hydrogens is 312 g/mol. The first-order valence-electron chi connectivity index (χ1n) is 7.88. The van der Waals surface area contributed by atoms with Gasteiger partial charge in [0.25, 0.3) is 0 Å². The Hall–Kier alpha value is -1.70. The molecule has 2 atom stereocenters. The van der Waals surface area contributed by atoms with Gasteiger partial charge in [0, 0.05) is 36.9 Å². The molecule has 0 saturated carbocycles. The van der Waals surface area contributed by atoms with Crippen LogP contribution in [0.4, 0.5) is 0 Å². The predicted octanol–water partition coefficient (Wildman–Crippen LogP) is 1.70. The Labute approximate surface area is 140 Å². The first kappa shape index (κ1) is 16.2. The number of hydrogen-bond donors (Lipinski definition) is 1. The Morgan fingerprint density at radius 2 is 2.26 bits per heavy atom. The third-order valence-electron chi connectivity index (χ3n) is 4.13. The standard InChI is InChI=1S/C16H22N4O2S/c1-13(20-6-3-5-18-20)16(21)17-12-14(15-4-2-11-23-15)19-7-9-22-10-8-19/h2-6,11,13-14H,7-10,12H2,1H3,(H,17,21)/t13-,14+/m1/s1. The van der Waals surface area contributed by atoms with Crippen LogP contribution in [-0.4, -0.2) is 53.4 Å². The molecule has 3 rings (SSSR count). The highest BCUT2D eigenvalue weighted by atomic mass is 32.1. The van der Waals surface area contributed by atoms with Crippen molar-refractivity contribution in [3.63, 3.8) is 0 Å². The largest absolute Gasteiger partial charge is 0.379 e. The summed E-state index contributed by atoms with van der Waals surface area (Å²) in [7, 11) is 0. The summed E-state index contributed by atoms with van der Waals surface area (Å²) in [5.74, 6) is -0.0106. The molecule has 1 amide bonds. The number of ether oxygens (including phenoxy) is 1. The summed E-state index contributed by atoms with van der Waals surface area (Å²) in [6.45, 7) is 5.75. The van der Waals surface area contributed by atoms with Gasteiger partial charge < -0.3 is 10.1 Å². The summed E-state index contributed by atoms with van der Waals surface area (Å²) in [6.07, 6.45) is 3.49. The fourth-order valence-electron chi connectivity index (χ4n) is 2.75.